The third-order valence-electron chi connectivity index (χ3n) is 4.25. The predicted octanol–water partition coefficient (Wildman–Crippen LogP) is 3.56. The van der Waals surface area contributed by atoms with E-state index in [9.17, 15) is 31.1 Å². The minimum absolute atomic E-state index is 0.376. The van der Waals surface area contributed by atoms with Crippen LogP contribution in [0.5, 0.6) is 0 Å². The molecule has 23 heavy (non-hydrogen) atoms. The van der Waals surface area contributed by atoms with Crippen LogP contribution in [-0.2, 0) is 23.6 Å². The number of halogens is 6. The first kappa shape index (κ1) is 17.6. The number of carboxylic acids is 1. The lowest BCUT2D eigenvalue weighted by molar-refractivity contribution is -0.142. The summed E-state index contributed by atoms with van der Waals surface area (Å²) in [7, 11) is 0. The van der Waals surface area contributed by atoms with Crippen molar-refractivity contribution < 1.29 is 36.2 Å². The fraction of sp³-hybridized carbons (Fsp3) is 0.500. The van der Waals surface area contributed by atoms with E-state index in [4.69, 9.17) is 10.8 Å². The van der Waals surface area contributed by atoms with Gasteiger partial charge in [0.25, 0.3) is 0 Å². The quantitative estimate of drug-likeness (QED) is 0.809. The topological polar surface area (TPSA) is 63.3 Å². The molecule has 0 heterocycles. The molecular weight excluding hydrogens is 328 g/mol. The van der Waals surface area contributed by atoms with Gasteiger partial charge in [-0.25, -0.2) is 0 Å². The van der Waals surface area contributed by atoms with Crippen molar-refractivity contribution in [2.24, 2.45) is 5.73 Å². The Bertz CT molecular complexity index is 652. The number of aliphatic carboxylic acids is 1. The summed E-state index contributed by atoms with van der Waals surface area (Å²) in [5, 5.41) is 8.87. The molecule has 0 aliphatic heterocycles. The summed E-state index contributed by atoms with van der Waals surface area (Å²) >= 11 is 0. The van der Waals surface area contributed by atoms with Gasteiger partial charge in [-0.15, -0.1) is 0 Å². The number of nitrogens with two attached hydrogens (primary N) is 1. The van der Waals surface area contributed by atoms with Crippen molar-refractivity contribution in [3.63, 3.8) is 0 Å². The second-order valence-electron chi connectivity index (χ2n) is 5.75. The van der Waals surface area contributed by atoms with E-state index in [0.29, 0.717) is 12.1 Å². The van der Waals surface area contributed by atoms with Crippen molar-refractivity contribution >= 4 is 5.97 Å². The highest BCUT2D eigenvalue weighted by atomic mass is 19.4. The molecule has 0 amide bonds. The van der Waals surface area contributed by atoms with E-state index in [1.54, 1.807) is 0 Å². The van der Waals surface area contributed by atoms with Crippen molar-refractivity contribution in [3.8, 4) is 0 Å². The van der Waals surface area contributed by atoms with Crippen LogP contribution in [0.3, 0.4) is 0 Å². The zero-order valence-electron chi connectivity index (χ0n) is 11.8. The fourth-order valence-corrected chi connectivity index (χ4v) is 3.13. The van der Waals surface area contributed by atoms with Crippen LogP contribution < -0.4 is 5.73 Å². The number of hydrogen-bond acceptors (Lipinski definition) is 2. The Balaban J connectivity index is 2.70. The lowest BCUT2D eigenvalue weighted by Crippen LogP contribution is -2.45. The van der Waals surface area contributed by atoms with Gasteiger partial charge in [0, 0.05) is 11.5 Å². The van der Waals surface area contributed by atoms with Gasteiger partial charge < -0.3 is 10.8 Å². The first-order chi connectivity index (χ1) is 10.3. The molecule has 1 aliphatic rings. The Morgan fingerprint density at radius 1 is 1.22 bits per heavy atom. The van der Waals surface area contributed by atoms with Gasteiger partial charge in [0.1, 0.15) is 0 Å². The van der Waals surface area contributed by atoms with Gasteiger partial charge in [0.2, 0.25) is 0 Å². The van der Waals surface area contributed by atoms with E-state index in [0.717, 1.165) is 0 Å². The average molecular weight is 341 g/mol. The molecule has 0 spiro atoms. The van der Waals surface area contributed by atoms with Crippen LogP contribution in [0.2, 0.25) is 0 Å². The number of fused-ring (bicyclic) bond motifs is 1. The summed E-state index contributed by atoms with van der Waals surface area (Å²) in [5.41, 5.74) is 0.632. The van der Waals surface area contributed by atoms with Crippen molar-refractivity contribution in [1.29, 1.82) is 0 Å². The Hall–Kier alpha value is -1.77. The van der Waals surface area contributed by atoms with E-state index in [2.05, 4.69) is 0 Å². The molecule has 9 heteroatoms. The summed E-state index contributed by atoms with van der Waals surface area (Å²) in [4.78, 5) is 10.9. The van der Waals surface area contributed by atoms with Crippen molar-refractivity contribution in [1.82, 2.24) is 0 Å². The number of rotatable bonds is 2. The number of benzene rings is 1. The molecule has 0 saturated carbocycles. The smallest absolute Gasteiger partial charge is 0.416 e. The molecule has 0 radical (unpaired) electrons. The van der Waals surface area contributed by atoms with Gasteiger partial charge in [0.05, 0.1) is 17.5 Å². The average Bonchev–Trinajstić information content (AvgIpc) is 2.57. The summed E-state index contributed by atoms with van der Waals surface area (Å²) in [6.45, 7) is 1.23. The number of hydrogen-bond donors (Lipinski definition) is 2. The summed E-state index contributed by atoms with van der Waals surface area (Å²) in [6.07, 6.45) is -11.0. The lowest BCUT2D eigenvalue weighted by atomic mass is 9.83. The van der Waals surface area contributed by atoms with Crippen LogP contribution in [0, 0.1) is 0 Å². The molecule has 0 bridgehead atoms. The maximum atomic E-state index is 13.1. The van der Waals surface area contributed by atoms with Crippen molar-refractivity contribution in [2.45, 2.75) is 43.6 Å². The zero-order valence-corrected chi connectivity index (χ0v) is 11.8. The molecule has 3 N–H and O–H groups in total. The molecule has 0 fully saturated rings. The second-order valence-corrected chi connectivity index (χ2v) is 5.75. The number of carbonyl (C=O) groups is 1. The highest BCUT2D eigenvalue weighted by molar-refractivity contribution is 5.70. The third kappa shape index (κ3) is 3.01. The van der Waals surface area contributed by atoms with Gasteiger partial charge in [-0.1, -0.05) is 6.92 Å². The monoisotopic (exact) mass is 341 g/mol. The van der Waals surface area contributed by atoms with E-state index in [-0.39, 0.29) is 0 Å². The van der Waals surface area contributed by atoms with E-state index >= 15 is 0 Å². The molecule has 1 aromatic rings. The van der Waals surface area contributed by atoms with E-state index in [1.165, 1.54) is 6.92 Å². The lowest BCUT2D eigenvalue weighted by Gasteiger charge is -2.28. The Morgan fingerprint density at radius 3 is 2.13 bits per heavy atom. The predicted molar refractivity (Wildman–Crippen MR) is 67.7 cm³/mol. The zero-order chi connectivity index (χ0) is 17.8. The largest absolute Gasteiger partial charge is 0.481 e. The third-order valence-corrected chi connectivity index (χ3v) is 4.25. The fourth-order valence-electron chi connectivity index (χ4n) is 3.13. The van der Waals surface area contributed by atoms with Crippen molar-refractivity contribution in [2.75, 3.05) is 0 Å². The summed E-state index contributed by atoms with van der Waals surface area (Å²) in [6, 6.07) is 0.756. The van der Waals surface area contributed by atoms with E-state index in [1.807, 2.05) is 0 Å². The minimum atomic E-state index is -4.85. The standard InChI is InChI=1S/C14H13F6NO2/c1-6-11-7(4-12(6,21)5-10(22)23)8(13(15,16)17)2-3-9(11)14(18,19)20/h2-3,6H,4-5,21H2,1H3,(H,22,23). The Morgan fingerprint density at radius 2 is 1.70 bits per heavy atom. The molecule has 0 aromatic heterocycles. The molecule has 2 atom stereocenters. The molecule has 128 valence electrons. The highest BCUT2D eigenvalue weighted by Gasteiger charge is 2.50. The highest BCUT2D eigenvalue weighted by Crippen LogP contribution is 2.50. The van der Waals surface area contributed by atoms with Crippen LogP contribution in [-0.4, -0.2) is 16.6 Å². The van der Waals surface area contributed by atoms with Gasteiger partial charge in [0.15, 0.2) is 0 Å². The van der Waals surface area contributed by atoms with Gasteiger partial charge in [-0.05, 0) is 29.7 Å². The van der Waals surface area contributed by atoms with Crippen LogP contribution in [0.4, 0.5) is 26.3 Å². The van der Waals surface area contributed by atoms with Gasteiger partial charge in [-0.2, -0.15) is 26.3 Å². The first-order valence-electron chi connectivity index (χ1n) is 6.58. The summed E-state index contributed by atoms with van der Waals surface area (Å²) in [5.74, 6) is -2.55. The normalized spacial score (nSPS) is 24.6. The first-order valence-corrected chi connectivity index (χ1v) is 6.58. The molecular formula is C14H13F6NO2. The summed E-state index contributed by atoms with van der Waals surface area (Å²) < 4.78 is 78.6. The molecule has 0 saturated heterocycles. The Kier molecular flexibility index (Phi) is 3.91. The van der Waals surface area contributed by atoms with Gasteiger partial charge in [-0.3, -0.25) is 4.79 Å². The minimum Gasteiger partial charge on any atom is -0.481 e. The number of carboxylic acid groups (broad SMARTS) is 1. The van der Waals surface area contributed by atoms with Crippen molar-refractivity contribution in [3.05, 3.63) is 34.4 Å². The van der Waals surface area contributed by atoms with Crippen LogP contribution >= 0.6 is 0 Å². The molecule has 1 aliphatic carbocycles. The Labute approximate surface area is 127 Å². The van der Waals surface area contributed by atoms with Crippen LogP contribution in [0.1, 0.15) is 41.5 Å². The SMILES string of the molecule is CC1c2c(C(F)(F)F)ccc(C(F)(F)F)c2CC1(N)CC(=O)O. The molecule has 2 rings (SSSR count). The molecule has 1 aromatic carbocycles. The molecule has 3 nitrogen and oxygen atoms in total. The van der Waals surface area contributed by atoms with Gasteiger partial charge >= 0.3 is 18.3 Å². The maximum Gasteiger partial charge on any atom is 0.416 e. The molecule has 2 unspecified atom stereocenters. The van der Waals surface area contributed by atoms with Crippen LogP contribution in [0.15, 0.2) is 12.1 Å². The van der Waals surface area contributed by atoms with E-state index < -0.39 is 64.9 Å². The van der Waals surface area contributed by atoms with Crippen LogP contribution in [0.25, 0.3) is 0 Å². The second kappa shape index (κ2) is 5.12. The maximum absolute atomic E-state index is 13.1. The number of alkyl halides is 6.